The van der Waals surface area contributed by atoms with Gasteiger partial charge in [-0.3, -0.25) is 4.90 Å². The van der Waals surface area contributed by atoms with Gasteiger partial charge in [-0.15, -0.1) is 0 Å². The first-order chi connectivity index (χ1) is 9.67. The molecule has 0 spiro atoms. The third-order valence-corrected chi connectivity index (χ3v) is 4.24. The molecule has 1 heterocycles. The first-order valence-corrected chi connectivity index (χ1v) is 7.35. The van der Waals surface area contributed by atoms with Gasteiger partial charge < -0.3 is 10.1 Å². The molecule has 0 bridgehead atoms. The molecule has 20 heavy (non-hydrogen) atoms. The van der Waals surface area contributed by atoms with E-state index in [0.717, 1.165) is 18.7 Å². The summed E-state index contributed by atoms with van der Waals surface area (Å²) in [6, 6.07) is 5.63. The van der Waals surface area contributed by atoms with E-state index in [9.17, 15) is 4.39 Å². The maximum Gasteiger partial charge on any atom is 0.165 e. The summed E-state index contributed by atoms with van der Waals surface area (Å²) in [7, 11) is 5.62. The maximum atomic E-state index is 14.0. The Morgan fingerprint density at radius 2 is 2.20 bits per heavy atom. The van der Waals surface area contributed by atoms with Crippen LogP contribution in [-0.2, 0) is 0 Å². The van der Waals surface area contributed by atoms with Crippen molar-refractivity contribution >= 4 is 0 Å². The van der Waals surface area contributed by atoms with Crippen molar-refractivity contribution < 1.29 is 9.13 Å². The van der Waals surface area contributed by atoms with E-state index in [0.29, 0.717) is 11.7 Å². The summed E-state index contributed by atoms with van der Waals surface area (Å²) < 4.78 is 19.0. The monoisotopic (exact) mass is 280 g/mol. The van der Waals surface area contributed by atoms with Crippen LogP contribution in [0.25, 0.3) is 0 Å². The average Bonchev–Trinajstić information content (AvgIpc) is 2.61. The van der Waals surface area contributed by atoms with E-state index in [2.05, 4.69) is 17.3 Å². The summed E-state index contributed by atoms with van der Waals surface area (Å²) in [6.45, 7) is 2.03. The summed E-state index contributed by atoms with van der Waals surface area (Å²) >= 11 is 0. The Bertz CT molecular complexity index is 438. The Morgan fingerprint density at radius 1 is 1.40 bits per heavy atom. The number of halogens is 1. The van der Waals surface area contributed by atoms with Crippen LogP contribution in [0.3, 0.4) is 0 Å². The summed E-state index contributed by atoms with van der Waals surface area (Å²) in [5.74, 6) is 0.557. The van der Waals surface area contributed by atoms with E-state index < -0.39 is 0 Å². The quantitative estimate of drug-likeness (QED) is 0.918. The predicted molar refractivity (Wildman–Crippen MR) is 79.6 cm³/mol. The van der Waals surface area contributed by atoms with E-state index in [1.807, 2.05) is 13.1 Å². The molecule has 0 aliphatic carbocycles. The lowest BCUT2D eigenvalue weighted by Crippen LogP contribution is -2.34. The van der Waals surface area contributed by atoms with Crippen LogP contribution < -0.4 is 10.1 Å². The van der Waals surface area contributed by atoms with Crippen molar-refractivity contribution in [1.29, 1.82) is 0 Å². The highest BCUT2D eigenvalue weighted by Crippen LogP contribution is 2.35. The molecule has 4 heteroatoms. The zero-order valence-electron chi connectivity index (χ0n) is 12.7. The van der Waals surface area contributed by atoms with Crippen molar-refractivity contribution in [3.63, 3.8) is 0 Å². The van der Waals surface area contributed by atoms with Crippen molar-refractivity contribution in [2.75, 3.05) is 34.3 Å². The van der Waals surface area contributed by atoms with Crippen LogP contribution in [0.1, 0.15) is 30.9 Å². The predicted octanol–water partition coefficient (Wildman–Crippen LogP) is 2.83. The van der Waals surface area contributed by atoms with Crippen molar-refractivity contribution in [3.05, 3.63) is 29.6 Å². The van der Waals surface area contributed by atoms with Crippen molar-refractivity contribution in [3.8, 4) is 5.75 Å². The summed E-state index contributed by atoms with van der Waals surface area (Å²) in [6.07, 6.45) is 3.64. The second kappa shape index (κ2) is 7.04. The number of hydrogen-bond acceptors (Lipinski definition) is 3. The van der Waals surface area contributed by atoms with Crippen LogP contribution in [0, 0.1) is 11.7 Å². The molecule has 1 aliphatic rings. The van der Waals surface area contributed by atoms with Gasteiger partial charge in [0.2, 0.25) is 0 Å². The second-order valence-corrected chi connectivity index (χ2v) is 5.63. The zero-order valence-corrected chi connectivity index (χ0v) is 12.7. The molecule has 1 saturated heterocycles. The molecule has 112 valence electrons. The van der Waals surface area contributed by atoms with Crippen LogP contribution in [0.2, 0.25) is 0 Å². The molecule has 2 rings (SSSR count). The van der Waals surface area contributed by atoms with Gasteiger partial charge in [0, 0.05) is 6.04 Å². The van der Waals surface area contributed by atoms with Crippen LogP contribution in [-0.4, -0.2) is 39.2 Å². The molecule has 3 nitrogen and oxygen atoms in total. The zero-order chi connectivity index (χ0) is 14.5. The average molecular weight is 280 g/mol. The van der Waals surface area contributed by atoms with Gasteiger partial charge in [0.25, 0.3) is 0 Å². The van der Waals surface area contributed by atoms with Crippen LogP contribution in [0.15, 0.2) is 18.2 Å². The standard InChI is InChI=1S/C16H25FN2O/c1-18-11-13-6-4-5-9-19(2)16(13)12-7-8-15(20-3)14(17)10-12/h7-8,10,13,16,18H,4-6,9,11H2,1-3H3. The first kappa shape index (κ1) is 15.3. The van der Waals surface area contributed by atoms with Gasteiger partial charge in [-0.1, -0.05) is 12.5 Å². The van der Waals surface area contributed by atoms with Gasteiger partial charge in [-0.25, -0.2) is 4.39 Å². The molecule has 1 aromatic rings. The highest BCUT2D eigenvalue weighted by atomic mass is 19.1. The third-order valence-electron chi connectivity index (χ3n) is 4.24. The van der Waals surface area contributed by atoms with Crippen molar-refractivity contribution in [2.45, 2.75) is 25.3 Å². The Kier molecular flexibility index (Phi) is 5.38. The molecule has 2 atom stereocenters. The molecular formula is C16H25FN2O. The van der Waals surface area contributed by atoms with Gasteiger partial charge >= 0.3 is 0 Å². The fourth-order valence-electron chi connectivity index (χ4n) is 3.29. The van der Waals surface area contributed by atoms with Gasteiger partial charge in [-0.2, -0.15) is 0 Å². The molecular weight excluding hydrogens is 255 g/mol. The number of likely N-dealkylation sites (tertiary alicyclic amines) is 1. The lowest BCUT2D eigenvalue weighted by Gasteiger charge is -2.33. The fourth-order valence-corrected chi connectivity index (χ4v) is 3.29. The van der Waals surface area contributed by atoms with E-state index >= 15 is 0 Å². The molecule has 0 aromatic heterocycles. The summed E-state index contributed by atoms with van der Waals surface area (Å²) in [4.78, 5) is 2.36. The SMILES string of the molecule is CNCC1CCCCN(C)C1c1ccc(OC)c(F)c1. The smallest absolute Gasteiger partial charge is 0.165 e. The topological polar surface area (TPSA) is 24.5 Å². The van der Waals surface area contributed by atoms with Gasteiger partial charge in [-0.05, 0) is 63.6 Å². The minimum absolute atomic E-state index is 0.269. The Balaban J connectivity index is 2.31. The van der Waals surface area contributed by atoms with E-state index in [1.54, 1.807) is 12.1 Å². The van der Waals surface area contributed by atoms with Crippen LogP contribution in [0.5, 0.6) is 5.75 Å². The van der Waals surface area contributed by atoms with Crippen LogP contribution >= 0.6 is 0 Å². The molecule has 1 aromatic carbocycles. The van der Waals surface area contributed by atoms with Crippen molar-refractivity contribution in [2.24, 2.45) is 5.92 Å². The number of hydrogen-bond donors (Lipinski definition) is 1. The van der Waals surface area contributed by atoms with E-state index in [-0.39, 0.29) is 11.9 Å². The maximum absolute atomic E-state index is 14.0. The molecule has 0 amide bonds. The number of rotatable bonds is 4. The lowest BCUT2D eigenvalue weighted by atomic mass is 9.89. The van der Waals surface area contributed by atoms with Crippen LogP contribution in [0.4, 0.5) is 4.39 Å². The number of nitrogens with one attached hydrogen (secondary N) is 1. The minimum Gasteiger partial charge on any atom is -0.494 e. The first-order valence-electron chi connectivity index (χ1n) is 7.35. The highest BCUT2D eigenvalue weighted by Gasteiger charge is 2.29. The number of ether oxygens (including phenoxy) is 1. The summed E-state index contributed by atoms with van der Waals surface area (Å²) in [5.41, 5.74) is 1.05. The molecule has 1 N–H and O–H groups in total. The number of methoxy groups -OCH3 is 1. The molecule has 2 unspecified atom stereocenters. The largest absolute Gasteiger partial charge is 0.494 e. The Morgan fingerprint density at radius 3 is 2.85 bits per heavy atom. The highest BCUT2D eigenvalue weighted by molar-refractivity contribution is 5.31. The minimum atomic E-state index is -0.272. The molecule has 1 aliphatic heterocycles. The number of benzene rings is 1. The Labute approximate surface area is 121 Å². The fraction of sp³-hybridized carbons (Fsp3) is 0.625. The molecule has 0 saturated carbocycles. The molecule has 0 radical (unpaired) electrons. The normalized spacial score (nSPS) is 24.4. The Hall–Kier alpha value is -1.13. The van der Waals surface area contributed by atoms with Gasteiger partial charge in [0.15, 0.2) is 11.6 Å². The summed E-state index contributed by atoms with van der Waals surface area (Å²) in [5, 5.41) is 3.28. The molecule has 1 fully saturated rings. The van der Waals surface area contributed by atoms with Crippen molar-refractivity contribution in [1.82, 2.24) is 10.2 Å². The van der Waals surface area contributed by atoms with Gasteiger partial charge in [0.05, 0.1) is 7.11 Å². The second-order valence-electron chi connectivity index (χ2n) is 5.63. The third kappa shape index (κ3) is 3.30. The van der Waals surface area contributed by atoms with Gasteiger partial charge in [0.1, 0.15) is 0 Å². The number of nitrogens with zero attached hydrogens (tertiary/aromatic N) is 1. The lowest BCUT2D eigenvalue weighted by molar-refractivity contribution is 0.190. The van der Waals surface area contributed by atoms with E-state index in [4.69, 9.17) is 4.74 Å². The van der Waals surface area contributed by atoms with E-state index in [1.165, 1.54) is 26.4 Å².